The Kier molecular flexibility index (Phi) is 4.69. The molecule has 0 spiro atoms. The molecule has 2 heterocycles. The number of hydrogen-bond acceptors (Lipinski definition) is 4. The highest BCUT2D eigenvalue weighted by atomic mass is 32.1. The Morgan fingerprint density at radius 1 is 1.21 bits per heavy atom. The van der Waals surface area contributed by atoms with Gasteiger partial charge in [-0.25, -0.2) is 9.69 Å². The molecule has 1 unspecified atom stereocenters. The highest BCUT2D eigenvalue weighted by molar-refractivity contribution is 7.13. The second kappa shape index (κ2) is 6.75. The van der Waals surface area contributed by atoms with Crippen molar-refractivity contribution in [1.29, 1.82) is 0 Å². The van der Waals surface area contributed by atoms with Crippen LogP contribution in [0.1, 0.15) is 13.8 Å². The molecule has 0 N–H and O–H groups in total. The van der Waals surface area contributed by atoms with E-state index in [1.165, 1.54) is 9.80 Å². The first kappa shape index (κ1) is 16.7. The fourth-order valence-electron chi connectivity index (χ4n) is 2.65. The molecule has 1 atom stereocenters. The average Bonchev–Trinajstić information content (AvgIpc) is 3.15. The molecule has 5 nitrogen and oxygen atoms in total. The third kappa shape index (κ3) is 3.07. The fourth-order valence-corrected chi connectivity index (χ4v) is 3.37. The Labute approximate surface area is 145 Å². The van der Waals surface area contributed by atoms with Gasteiger partial charge in [0.1, 0.15) is 6.04 Å². The number of carbonyl (C=O) groups excluding carboxylic acids is 2. The maximum Gasteiger partial charge on any atom is 0.331 e. The Hall–Kier alpha value is -2.18. The summed E-state index contributed by atoms with van der Waals surface area (Å²) < 4.78 is 5.54. The Morgan fingerprint density at radius 3 is 2.67 bits per heavy atom. The summed E-state index contributed by atoms with van der Waals surface area (Å²) in [6.07, 6.45) is 0.0116. The molecule has 1 aliphatic heterocycles. The van der Waals surface area contributed by atoms with Crippen molar-refractivity contribution >= 4 is 29.0 Å². The summed E-state index contributed by atoms with van der Waals surface area (Å²) in [5.41, 5.74) is 1.59. The van der Waals surface area contributed by atoms with Crippen molar-refractivity contribution < 1.29 is 14.3 Å². The molecular formula is C18H20N2O3S. The van der Waals surface area contributed by atoms with E-state index in [0.717, 1.165) is 10.4 Å². The number of amides is 3. The van der Waals surface area contributed by atoms with Gasteiger partial charge < -0.3 is 9.64 Å². The molecule has 0 saturated carbocycles. The second-order valence-electron chi connectivity index (χ2n) is 5.99. The topological polar surface area (TPSA) is 49.9 Å². The molecule has 3 amide bonds. The average molecular weight is 344 g/mol. The van der Waals surface area contributed by atoms with Crippen LogP contribution in [0.2, 0.25) is 0 Å². The van der Waals surface area contributed by atoms with E-state index >= 15 is 0 Å². The lowest BCUT2D eigenvalue weighted by Crippen LogP contribution is -2.36. The number of nitrogens with zero attached hydrogens (tertiary/aromatic N) is 2. The van der Waals surface area contributed by atoms with Crippen molar-refractivity contribution in [2.45, 2.75) is 26.0 Å². The zero-order valence-corrected chi connectivity index (χ0v) is 14.7. The van der Waals surface area contributed by atoms with Gasteiger partial charge in [0.25, 0.3) is 5.91 Å². The molecule has 1 aromatic heterocycles. The summed E-state index contributed by atoms with van der Waals surface area (Å²) in [6, 6.07) is 10.6. The van der Waals surface area contributed by atoms with Crippen molar-refractivity contribution in [3.05, 3.63) is 41.8 Å². The van der Waals surface area contributed by atoms with Crippen LogP contribution in [-0.4, -0.2) is 42.6 Å². The SMILES string of the molecule is CC(C)OCC1C(=O)N(c2cccc(-c3cccs3)c2)C(=O)N1C. The number of ether oxygens (including phenoxy) is 1. The van der Waals surface area contributed by atoms with Gasteiger partial charge in [-0.3, -0.25) is 4.79 Å². The quantitative estimate of drug-likeness (QED) is 0.779. The highest BCUT2D eigenvalue weighted by Gasteiger charge is 2.44. The van der Waals surface area contributed by atoms with Gasteiger partial charge in [0.2, 0.25) is 0 Å². The lowest BCUT2D eigenvalue weighted by atomic mass is 10.1. The number of imide groups is 1. The first-order chi connectivity index (χ1) is 11.5. The minimum atomic E-state index is -0.578. The Bertz CT molecular complexity index is 742. The largest absolute Gasteiger partial charge is 0.376 e. The predicted octanol–water partition coefficient (Wildman–Crippen LogP) is 3.61. The molecular weight excluding hydrogens is 324 g/mol. The van der Waals surface area contributed by atoms with Crippen LogP contribution in [-0.2, 0) is 9.53 Å². The predicted molar refractivity (Wildman–Crippen MR) is 95.3 cm³/mol. The first-order valence-electron chi connectivity index (χ1n) is 7.85. The third-order valence-corrected chi connectivity index (χ3v) is 4.88. The number of benzene rings is 1. The van der Waals surface area contributed by atoms with E-state index in [1.54, 1.807) is 24.5 Å². The van der Waals surface area contributed by atoms with E-state index in [4.69, 9.17) is 4.74 Å². The van der Waals surface area contributed by atoms with Gasteiger partial charge >= 0.3 is 6.03 Å². The molecule has 1 fully saturated rings. The summed E-state index contributed by atoms with van der Waals surface area (Å²) >= 11 is 1.62. The standard InChI is InChI=1S/C18H20N2O3S/c1-12(2)23-11-15-17(21)20(18(22)19(15)3)14-7-4-6-13(10-14)16-8-5-9-24-16/h4-10,12,15H,11H2,1-3H3. The van der Waals surface area contributed by atoms with Crippen LogP contribution in [0, 0.1) is 0 Å². The highest BCUT2D eigenvalue weighted by Crippen LogP contribution is 2.31. The van der Waals surface area contributed by atoms with Gasteiger partial charge in [0, 0.05) is 11.9 Å². The minimum absolute atomic E-state index is 0.0116. The summed E-state index contributed by atoms with van der Waals surface area (Å²) in [4.78, 5) is 29.1. The molecule has 3 rings (SSSR count). The van der Waals surface area contributed by atoms with E-state index in [1.807, 2.05) is 49.6 Å². The zero-order valence-electron chi connectivity index (χ0n) is 13.9. The normalized spacial score (nSPS) is 18.1. The second-order valence-corrected chi connectivity index (χ2v) is 6.94. The summed E-state index contributed by atoms with van der Waals surface area (Å²) in [7, 11) is 1.64. The van der Waals surface area contributed by atoms with Gasteiger partial charge in [0.05, 0.1) is 18.4 Å². The number of likely N-dealkylation sites (N-methyl/N-ethyl adjacent to an activating group) is 1. The monoisotopic (exact) mass is 344 g/mol. The zero-order chi connectivity index (χ0) is 17.3. The molecule has 24 heavy (non-hydrogen) atoms. The van der Waals surface area contributed by atoms with E-state index in [9.17, 15) is 9.59 Å². The summed E-state index contributed by atoms with van der Waals surface area (Å²) in [6.45, 7) is 4.02. The fraction of sp³-hybridized carbons (Fsp3) is 0.333. The number of hydrogen-bond donors (Lipinski definition) is 0. The van der Waals surface area contributed by atoms with Crippen LogP contribution >= 0.6 is 11.3 Å². The number of rotatable bonds is 5. The molecule has 2 aromatic rings. The number of anilines is 1. The molecule has 1 aromatic carbocycles. The van der Waals surface area contributed by atoms with E-state index in [-0.39, 0.29) is 24.6 Å². The maximum absolute atomic E-state index is 12.7. The molecule has 1 aliphatic rings. The van der Waals surface area contributed by atoms with Crippen molar-refractivity contribution in [2.24, 2.45) is 0 Å². The summed E-state index contributed by atoms with van der Waals surface area (Å²) in [5.74, 6) is -0.244. The molecule has 6 heteroatoms. The number of carbonyl (C=O) groups is 2. The van der Waals surface area contributed by atoms with Gasteiger partial charge in [-0.15, -0.1) is 11.3 Å². The van der Waals surface area contributed by atoms with Crippen LogP contribution in [0.5, 0.6) is 0 Å². The van der Waals surface area contributed by atoms with E-state index in [0.29, 0.717) is 5.69 Å². The Morgan fingerprint density at radius 2 is 2.00 bits per heavy atom. The van der Waals surface area contributed by atoms with Gasteiger partial charge in [0.15, 0.2) is 0 Å². The minimum Gasteiger partial charge on any atom is -0.376 e. The van der Waals surface area contributed by atoms with Crippen LogP contribution in [0.3, 0.4) is 0 Å². The molecule has 0 aliphatic carbocycles. The van der Waals surface area contributed by atoms with Crippen molar-refractivity contribution in [1.82, 2.24) is 4.90 Å². The van der Waals surface area contributed by atoms with E-state index in [2.05, 4.69) is 0 Å². The number of thiophene rings is 1. The van der Waals surface area contributed by atoms with Crippen LogP contribution < -0.4 is 4.90 Å². The van der Waals surface area contributed by atoms with Crippen LogP contribution in [0.4, 0.5) is 10.5 Å². The maximum atomic E-state index is 12.7. The van der Waals surface area contributed by atoms with Crippen LogP contribution in [0.25, 0.3) is 10.4 Å². The van der Waals surface area contributed by atoms with Crippen molar-refractivity contribution in [3.63, 3.8) is 0 Å². The molecule has 0 bridgehead atoms. The van der Waals surface area contributed by atoms with Crippen LogP contribution in [0.15, 0.2) is 41.8 Å². The molecule has 0 radical (unpaired) electrons. The lowest BCUT2D eigenvalue weighted by Gasteiger charge is -2.17. The number of urea groups is 1. The van der Waals surface area contributed by atoms with Gasteiger partial charge in [-0.1, -0.05) is 18.2 Å². The smallest absolute Gasteiger partial charge is 0.331 e. The summed E-state index contributed by atoms with van der Waals surface area (Å²) in [5, 5.41) is 2.00. The van der Waals surface area contributed by atoms with Crippen molar-refractivity contribution in [3.8, 4) is 10.4 Å². The van der Waals surface area contributed by atoms with Gasteiger partial charge in [-0.05, 0) is 43.0 Å². The molecule has 126 valence electrons. The third-order valence-electron chi connectivity index (χ3n) is 3.96. The first-order valence-corrected chi connectivity index (χ1v) is 8.73. The lowest BCUT2D eigenvalue weighted by molar-refractivity contribution is -0.121. The molecule has 1 saturated heterocycles. The Balaban J connectivity index is 1.88. The van der Waals surface area contributed by atoms with Crippen molar-refractivity contribution in [2.75, 3.05) is 18.6 Å². The van der Waals surface area contributed by atoms with Gasteiger partial charge in [-0.2, -0.15) is 0 Å². The van der Waals surface area contributed by atoms with E-state index < -0.39 is 6.04 Å².